The summed E-state index contributed by atoms with van der Waals surface area (Å²) in [5.41, 5.74) is 0. The molecule has 0 saturated heterocycles. The normalized spacial score (nSPS) is 17.5. The molecule has 1 heterocycles. The minimum Gasteiger partial charge on any atom is -0.395 e. The predicted molar refractivity (Wildman–Crippen MR) is 95.5 cm³/mol. The van der Waals surface area contributed by atoms with E-state index < -0.39 is 0 Å². The van der Waals surface area contributed by atoms with Crippen LogP contribution in [0.4, 0.5) is 0 Å². The highest BCUT2D eigenvalue weighted by molar-refractivity contribution is 4.93. The number of β-amino-alcohol motifs (C(OH)–C–C–N with tert-alkyl or cyclic N) is 1. The summed E-state index contributed by atoms with van der Waals surface area (Å²) in [5.74, 6) is 0. The molecule has 128 valence electrons. The first-order valence-corrected chi connectivity index (χ1v) is 9.32. The standard InChI is InChI=1S/C19H36N2O/c1-2-3-4-5-6-7-8-9-10-11-12-13-14-19-20-15-16-21(19)17-18-22/h5-6,15-16,19-20,22H,2-4,7-14,17-18H2,1H3/b6-5+. The third kappa shape index (κ3) is 9.14. The summed E-state index contributed by atoms with van der Waals surface area (Å²) in [5, 5.41) is 12.4. The van der Waals surface area contributed by atoms with E-state index >= 15 is 0 Å². The Labute approximate surface area is 137 Å². The van der Waals surface area contributed by atoms with Crippen LogP contribution < -0.4 is 5.32 Å². The SMILES string of the molecule is CCCC/C=C/CCCCCCCCC1NC=CN1CCO. The number of rotatable bonds is 14. The lowest BCUT2D eigenvalue weighted by Crippen LogP contribution is -2.36. The van der Waals surface area contributed by atoms with E-state index in [1.807, 2.05) is 6.20 Å². The molecule has 0 aliphatic carbocycles. The highest BCUT2D eigenvalue weighted by Crippen LogP contribution is 2.14. The van der Waals surface area contributed by atoms with Crippen molar-refractivity contribution < 1.29 is 5.11 Å². The van der Waals surface area contributed by atoms with Crippen molar-refractivity contribution in [1.29, 1.82) is 0 Å². The van der Waals surface area contributed by atoms with Crippen LogP contribution in [0.2, 0.25) is 0 Å². The second kappa shape index (κ2) is 13.7. The lowest BCUT2D eigenvalue weighted by atomic mass is 10.1. The van der Waals surface area contributed by atoms with Crippen molar-refractivity contribution in [1.82, 2.24) is 10.2 Å². The topological polar surface area (TPSA) is 35.5 Å². The molecule has 0 saturated carbocycles. The summed E-state index contributed by atoms with van der Waals surface area (Å²) in [6.07, 6.45) is 23.6. The molecule has 1 rings (SSSR count). The Balaban J connectivity index is 1.85. The molecule has 3 nitrogen and oxygen atoms in total. The third-order valence-corrected chi connectivity index (χ3v) is 4.30. The summed E-state index contributed by atoms with van der Waals surface area (Å²) < 4.78 is 0. The van der Waals surface area contributed by atoms with E-state index in [2.05, 4.69) is 35.5 Å². The lowest BCUT2D eigenvalue weighted by Gasteiger charge is -2.24. The van der Waals surface area contributed by atoms with Crippen LogP contribution in [0, 0.1) is 0 Å². The fourth-order valence-electron chi connectivity index (χ4n) is 2.91. The third-order valence-electron chi connectivity index (χ3n) is 4.30. The van der Waals surface area contributed by atoms with Crippen molar-refractivity contribution in [2.45, 2.75) is 83.7 Å². The van der Waals surface area contributed by atoms with Crippen LogP contribution in [0.5, 0.6) is 0 Å². The summed E-state index contributed by atoms with van der Waals surface area (Å²) in [4.78, 5) is 2.20. The van der Waals surface area contributed by atoms with Crippen molar-refractivity contribution in [3.8, 4) is 0 Å². The number of allylic oxidation sites excluding steroid dienone is 2. The highest BCUT2D eigenvalue weighted by Gasteiger charge is 2.16. The molecule has 0 fully saturated rings. The van der Waals surface area contributed by atoms with E-state index in [1.165, 1.54) is 70.6 Å². The number of nitrogens with zero attached hydrogens (tertiary/aromatic N) is 1. The van der Waals surface area contributed by atoms with Gasteiger partial charge in [0.05, 0.1) is 12.8 Å². The van der Waals surface area contributed by atoms with Crippen molar-refractivity contribution >= 4 is 0 Å². The van der Waals surface area contributed by atoms with Crippen LogP contribution in [0.3, 0.4) is 0 Å². The first kappa shape index (κ1) is 19.1. The zero-order valence-corrected chi connectivity index (χ0v) is 14.5. The molecular formula is C19H36N2O. The van der Waals surface area contributed by atoms with Crippen LogP contribution in [0.15, 0.2) is 24.6 Å². The second-order valence-corrected chi connectivity index (χ2v) is 6.27. The Kier molecular flexibility index (Phi) is 11.9. The number of aliphatic hydroxyl groups is 1. The van der Waals surface area contributed by atoms with Crippen molar-refractivity contribution in [2.75, 3.05) is 13.2 Å². The van der Waals surface area contributed by atoms with Gasteiger partial charge < -0.3 is 15.3 Å². The highest BCUT2D eigenvalue weighted by atomic mass is 16.3. The Bertz CT molecular complexity index is 302. The lowest BCUT2D eigenvalue weighted by molar-refractivity contribution is 0.194. The number of hydrogen-bond acceptors (Lipinski definition) is 3. The molecule has 2 N–H and O–H groups in total. The van der Waals surface area contributed by atoms with Crippen LogP contribution in [0.25, 0.3) is 0 Å². The number of hydrogen-bond donors (Lipinski definition) is 2. The van der Waals surface area contributed by atoms with Crippen LogP contribution in [-0.2, 0) is 0 Å². The average molecular weight is 309 g/mol. The molecule has 0 aromatic heterocycles. The zero-order valence-electron chi connectivity index (χ0n) is 14.5. The number of aliphatic hydroxyl groups excluding tert-OH is 1. The second-order valence-electron chi connectivity index (χ2n) is 6.27. The molecule has 1 atom stereocenters. The van der Waals surface area contributed by atoms with Crippen molar-refractivity contribution in [2.24, 2.45) is 0 Å². The van der Waals surface area contributed by atoms with E-state index in [0.717, 1.165) is 6.54 Å². The summed E-state index contributed by atoms with van der Waals surface area (Å²) in [7, 11) is 0. The van der Waals surface area contributed by atoms with E-state index in [1.54, 1.807) is 0 Å². The molecule has 22 heavy (non-hydrogen) atoms. The van der Waals surface area contributed by atoms with E-state index in [4.69, 9.17) is 5.11 Å². The monoisotopic (exact) mass is 308 g/mol. The van der Waals surface area contributed by atoms with Crippen LogP contribution in [-0.4, -0.2) is 29.3 Å². The van der Waals surface area contributed by atoms with Gasteiger partial charge in [-0.05, 0) is 32.1 Å². The molecule has 0 aromatic carbocycles. The Hall–Kier alpha value is -0.960. The number of nitrogens with one attached hydrogen (secondary N) is 1. The zero-order chi connectivity index (χ0) is 15.9. The average Bonchev–Trinajstić information content (AvgIpc) is 2.96. The summed E-state index contributed by atoms with van der Waals surface area (Å²) in [6, 6.07) is 0. The van der Waals surface area contributed by atoms with Gasteiger partial charge in [-0.15, -0.1) is 0 Å². The largest absolute Gasteiger partial charge is 0.395 e. The van der Waals surface area contributed by atoms with Gasteiger partial charge in [0, 0.05) is 18.9 Å². The molecule has 0 spiro atoms. The van der Waals surface area contributed by atoms with Gasteiger partial charge in [0.25, 0.3) is 0 Å². The quantitative estimate of drug-likeness (QED) is 0.365. The van der Waals surface area contributed by atoms with Gasteiger partial charge in [-0.3, -0.25) is 0 Å². The minimum atomic E-state index is 0.232. The molecule has 0 amide bonds. The maximum atomic E-state index is 9.01. The maximum absolute atomic E-state index is 9.01. The first-order chi connectivity index (χ1) is 10.9. The van der Waals surface area contributed by atoms with Crippen LogP contribution in [0.1, 0.15) is 77.6 Å². The molecule has 0 bridgehead atoms. The molecule has 1 aliphatic rings. The van der Waals surface area contributed by atoms with Crippen LogP contribution >= 0.6 is 0 Å². The fourth-order valence-corrected chi connectivity index (χ4v) is 2.91. The van der Waals surface area contributed by atoms with Gasteiger partial charge >= 0.3 is 0 Å². The van der Waals surface area contributed by atoms with Crippen molar-refractivity contribution in [3.05, 3.63) is 24.6 Å². The smallest absolute Gasteiger partial charge is 0.0982 e. The fraction of sp³-hybridized carbons (Fsp3) is 0.789. The van der Waals surface area contributed by atoms with Gasteiger partial charge in [0.15, 0.2) is 0 Å². The number of unbranched alkanes of at least 4 members (excludes halogenated alkanes) is 8. The van der Waals surface area contributed by atoms with Gasteiger partial charge in [0.2, 0.25) is 0 Å². The Morgan fingerprint density at radius 3 is 2.41 bits per heavy atom. The summed E-state index contributed by atoms with van der Waals surface area (Å²) >= 11 is 0. The summed E-state index contributed by atoms with van der Waals surface area (Å²) in [6.45, 7) is 3.21. The molecule has 0 radical (unpaired) electrons. The van der Waals surface area contributed by atoms with E-state index in [9.17, 15) is 0 Å². The molecule has 0 aromatic rings. The first-order valence-electron chi connectivity index (χ1n) is 9.32. The Morgan fingerprint density at radius 1 is 1.00 bits per heavy atom. The van der Waals surface area contributed by atoms with Gasteiger partial charge in [-0.25, -0.2) is 0 Å². The van der Waals surface area contributed by atoms with Gasteiger partial charge in [0.1, 0.15) is 0 Å². The molecule has 1 aliphatic heterocycles. The minimum absolute atomic E-state index is 0.232. The predicted octanol–water partition coefficient (Wildman–Crippen LogP) is 4.55. The van der Waals surface area contributed by atoms with E-state index in [-0.39, 0.29) is 6.61 Å². The molecule has 3 heteroatoms. The maximum Gasteiger partial charge on any atom is 0.0982 e. The van der Waals surface area contributed by atoms with Crippen molar-refractivity contribution in [3.63, 3.8) is 0 Å². The Morgan fingerprint density at radius 2 is 1.68 bits per heavy atom. The van der Waals surface area contributed by atoms with Gasteiger partial charge in [-0.2, -0.15) is 0 Å². The molecule has 1 unspecified atom stereocenters. The van der Waals surface area contributed by atoms with E-state index in [0.29, 0.717) is 6.17 Å². The molecular weight excluding hydrogens is 272 g/mol. The van der Waals surface area contributed by atoms with Gasteiger partial charge in [-0.1, -0.05) is 57.6 Å².